The van der Waals surface area contributed by atoms with E-state index in [1.165, 1.54) is 11.1 Å². The van der Waals surface area contributed by atoms with Crippen LogP contribution in [0.3, 0.4) is 0 Å². The number of likely N-dealkylation sites (N-methyl/N-ethyl adjacent to an activating group) is 1. The van der Waals surface area contributed by atoms with E-state index in [0.717, 1.165) is 70.8 Å². The number of H-pyrrole nitrogens is 1. The Morgan fingerprint density at radius 1 is 1.17 bits per heavy atom. The van der Waals surface area contributed by atoms with E-state index in [1.807, 2.05) is 24.2 Å². The van der Waals surface area contributed by atoms with Crippen molar-refractivity contribution in [2.45, 2.75) is 43.8 Å². The van der Waals surface area contributed by atoms with Gasteiger partial charge in [0.1, 0.15) is 0 Å². The smallest absolute Gasteiger partial charge is 0.320 e. The Bertz CT molecular complexity index is 869. The first-order valence-electron chi connectivity index (χ1n) is 11.1. The first-order valence-corrected chi connectivity index (χ1v) is 11.1. The first-order chi connectivity index (χ1) is 14.7. The zero-order valence-corrected chi connectivity index (χ0v) is 17.7. The summed E-state index contributed by atoms with van der Waals surface area (Å²) in [5.74, 6) is 0. The van der Waals surface area contributed by atoms with Crippen LogP contribution in [0.5, 0.6) is 0 Å². The molecule has 0 unspecified atom stereocenters. The molecule has 30 heavy (non-hydrogen) atoms. The van der Waals surface area contributed by atoms with E-state index in [4.69, 9.17) is 4.74 Å². The van der Waals surface area contributed by atoms with Crippen molar-refractivity contribution in [1.82, 2.24) is 24.9 Å². The number of benzene rings is 1. The van der Waals surface area contributed by atoms with Gasteiger partial charge in [-0.2, -0.15) is 5.10 Å². The Kier molecular flexibility index (Phi) is 5.25. The van der Waals surface area contributed by atoms with Gasteiger partial charge in [0.15, 0.2) is 0 Å². The van der Waals surface area contributed by atoms with Gasteiger partial charge in [0.2, 0.25) is 0 Å². The molecule has 7 nitrogen and oxygen atoms in total. The van der Waals surface area contributed by atoms with Gasteiger partial charge in [-0.25, -0.2) is 4.79 Å². The fourth-order valence-electron chi connectivity index (χ4n) is 5.53. The molecule has 1 aromatic heterocycles. The highest BCUT2D eigenvalue weighted by molar-refractivity contribution is 5.78. The number of urea groups is 1. The number of carbonyl (C=O) groups is 1. The number of carbonyl (C=O) groups excluding carboxylic acids is 1. The van der Waals surface area contributed by atoms with Crippen molar-refractivity contribution in [1.29, 1.82) is 0 Å². The summed E-state index contributed by atoms with van der Waals surface area (Å²) in [7, 11) is 1.94. The average Bonchev–Trinajstić information content (AvgIpc) is 3.33. The third-order valence-electron chi connectivity index (χ3n) is 7.10. The lowest BCUT2D eigenvalue weighted by molar-refractivity contribution is -0.0165. The quantitative estimate of drug-likeness (QED) is 0.843. The van der Waals surface area contributed by atoms with E-state index < -0.39 is 0 Å². The molecule has 7 heteroatoms. The number of hydrogen-bond acceptors (Lipinski definition) is 4. The molecule has 0 radical (unpaired) electrons. The average molecular weight is 410 g/mol. The molecule has 2 amide bonds. The minimum Gasteiger partial charge on any atom is -0.381 e. The van der Waals surface area contributed by atoms with Gasteiger partial charge in [0.25, 0.3) is 0 Å². The van der Waals surface area contributed by atoms with Crippen molar-refractivity contribution in [3.05, 3.63) is 42.1 Å². The normalized spacial score (nSPS) is 22.9. The minimum atomic E-state index is -0.0258. The standard InChI is InChI=1S/C23H31N5O2/c1-26-17-23(9-13-30-14-10-23)28(22(26)29)20-7-11-27(12-8-20)16-19-15-24-25-21(19)18-5-3-2-4-6-18/h2-6,15,20H,7-14,16-17H2,1H3,(H,24,25). The van der Waals surface area contributed by atoms with Crippen LogP contribution in [0.1, 0.15) is 31.2 Å². The van der Waals surface area contributed by atoms with Gasteiger partial charge in [-0.1, -0.05) is 30.3 Å². The van der Waals surface area contributed by atoms with Gasteiger partial charge in [-0.15, -0.1) is 0 Å². The fraction of sp³-hybridized carbons (Fsp3) is 0.565. The number of aromatic amines is 1. The summed E-state index contributed by atoms with van der Waals surface area (Å²) in [6, 6.07) is 10.9. The number of amides is 2. The topological polar surface area (TPSA) is 64.7 Å². The van der Waals surface area contributed by atoms with Crippen molar-refractivity contribution in [3.8, 4) is 11.3 Å². The molecule has 1 N–H and O–H groups in total. The van der Waals surface area contributed by atoms with Gasteiger partial charge in [0, 0.05) is 58.0 Å². The summed E-state index contributed by atoms with van der Waals surface area (Å²) in [5.41, 5.74) is 3.49. The Morgan fingerprint density at radius 2 is 1.90 bits per heavy atom. The Hall–Kier alpha value is -2.38. The lowest BCUT2D eigenvalue weighted by Gasteiger charge is -2.46. The Morgan fingerprint density at radius 3 is 2.63 bits per heavy atom. The minimum absolute atomic E-state index is 0.0258. The Labute approximate surface area is 178 Å². The number of nitrogens with zero attached hydrogens (tertiary/aromatic N) is 4. The van der Waals surface area contributed by atoms with Gasteiger partial charge < -0.3 is 14.5 Å². The van der Waals surface area contributed by atoms with Crippen LogP contribution in [0.25, 0.3) is 11.3 Å². The van der Waals surface area contributed by atoms with Crippen LogP contribution >= 0.6 is 0 Å². The predicted molar refractivity (Wildman–Crippen MR) is 115 cm³/mol. The predicted octanol–water partition coefficient (Wildman–Crippen LogP) is 2.96. The van der Waals surface area contributed by atoms with Crippen LogP contribution in [-0.2, 0) is 11.3 Å². The lowest BCUT2D eigenvalue weighted by Crippen LogP contribution is -2.57. The monoisotopic (exact) mass is 409 g/mol. The summed E-state index contributed by atoms with van der Waals surface area (Å²) in [6.07, 6.45) is 5.92. The van der Waals surface area contributed by atoms with Crippen molar-refractivity contribution >= 4 is 6.03 Å². The third kappa shape index (κ3) is 3.50. The van der Waals surface area contributed by atoms with Crippen LogP contribution < -0.4 is 0 Å². The molecule has 3 aliphatic heterocycles. The highest BCUT2D eigenvalue weighted by Gasteiger charge is 2.51. The number of likely N-dealkylation sites (tertiary alicyclic amines) is 1. The second-order valence-corrected chi connectivity index (χ2v) is 8.99. The summed E-state index contributed by atoms with van der Waals surface area (Å²) < 4.78 is 5.61. The highest BCUT2D eigenvalue weighted by Crippen LogP contribution is 2.38. The third-order valence-corrected chi connectivity index (χ3v) is 7.10. The zero-order chi connectivity index (χ0) is 20.6. The van der Waals surface area contributed by atoms with Crippen molar-refractivity contribution in [3.63, 3.8) is 0 Å². The number of piperidine rings is 1. The summed E-state index contributed by atoms with van der Waals surface area (Å²) >= 11 is 0. The molecule has 3 fully saturated rings. The molecular weight excluding hydrogens is 378 g/mol. The Balaban J connectivity index is 1.25. The highest BCUT2D eigenvalue weighted by atomic mass is 16.5. The first kappa shape index (κ1) is 19.6. The molecule has 1 spiro atoms. The molecule has 4 heterocycles. The largest absolute Gasteiger partial charge is 0.381 e. The van der Waals surface area contributed by atoms with Crippen LogP contribution in [0.15, 0.2) is 36.5 Å². The van der Waals surface area contributed by atoms with Crippen molar-refractivity contribution in [2.24, 2.45) is 0 Å². The number of rotatable bonds is 4. The second kappa shape index (κ2) is 8.04. The SMILES string of the molecule is CN1CC2(CCOCC2)N(C2CCN(Cc3cn[nH]c3-c3ccccc3)CC2)C1=O. The molecule has 2 aromatic rings. The molecule has 5 rings (SSSR count). The van der Waals surface area contributed by atoms with E-state index in [-0.39, 0.29) is 11.6 Å². The molecule has 3 aliphatic rings. The maximum Gasteiger partial charge on any atom is 0.320 e. The van der Waals surface area contributed by atoms with Gasteiger partial charge in [0.05, 0.1) is 17.4 Å². The second-order valence-electron chi connectivity index (χ2n) is 8.99. The number of aromatic nitrogens is 2. The van der Waals surface area contributed by atoms with Gasteiger partial charge in [-0.05, 0) is 31.2 Å². The van der Waals surface area contributed by atoms with Gasteiger partial charge in [-0.3, -0.25) is 10.00 Å². The number of hydrogen-bond donors (Lipinski definition) is 1. The van der Waals surface area contributed by atoms with E-state index in [2.05, 4.69) is 44.3 Å². The molecule has 1 aromatic carbocycles. The van der Waals surface area contributed by atoms with Gasteiger partial charge >= 0.3 is 6.03 Å². The molecule has 0 bridgehead atoms. The molecule has 160 valence electrons. The number of nitrogens with one attached hydrogen (secondary N) is 1. The molecule has 0 aliphatic carbocycles. The van der Waals surface area contributed by atoms with Crippen LogP contribution in [-0.4, -0.2) is 82.4 Å². The van der Waals surface area contributed by atoms with E-state index >= 15 is 0 Å². The van der Waals surface area contributed by atoms with E-state index in [1.54, 1.807) is 0 Å². The number of ether oxygens (including phenoxy) is 1. The maximum absolute atomic E-state index is 13.0. The fourth-order valence-corrected chi connectivity index (χ4v) is 5.53. The molecule has 0 atom stereocenters. The van der Waals surface area contributed by atoms with Crippen LogP contribution in [0.2, 0.25) is 0 Å². The summed E-state index contributed by atoms with van der Waals surface area (Å²) in [6.45, 7) is 5.26. The van der Waals surface area contributed by atoms with Crippen LogP contribution in [0.4, 0.5) is 4.79 Å². The molecule has 0 saturated carbocycles. The summed E-state index contributed by atoms with van der Waals surface area (Å²) in [5, 5.41) is 7.46. The van der Waals surface area contributed by atoms with E-state index in [9.17, 15) is 4.79 Å². The van der Waals surface area contributed by atoms with Crippen molar-refractivity contribution in [2.75, 3.05) is 39.9 Å². The molecular formula is C23H31N5O2. The zero-order valence-electron chi connectivity index (χ0n) is 17.7. The lowest BCUT2D eigenvalue weighted by atomic mass is 9.86. The molecule has 3 saturated heterocycles. The maximum atomic E-state index is 13.0. The summed E-state index contributed by atoms with van der Waals surface area (Å²) in [4.78, 5) is 19.6. The van der Waals surface area contributed by atoms with E-state index in [0.29, 0.717) is 6.04 Å². The van der Waals surface area contributed by atoms with Crippen molar-refractivity contribution < 1.29 is 9.53 Å². The van der Waals surface area contributed by atoms with Crippen LogP contribution in [0, 0.1) is 0 Å².